The molecular weight excluding hydrogens is 128 g/mol. The van der Waals surface area contributed by atoms with E-state index in [2.05, 4.69) is 6.07 Å². The minimum Gasteiger partial charge on any atom is -0.184 e. The van der Waals surface area contributed by atoms with Crippen LogP contribution in [0.25, 0.3) is 0 Å². The molecule has 0 aliphatic carbocycles. The van der Waals surface area contributed by atoms with Crippen molar-refractivity contribution >= 4 is 0 Å². The Morgan fingerprint density at radius 1 is 0.857 bits per heavy atom. The first-order valence-electron chi connectivity index (χ1n) is 1.91. The molecule has 0 N–H and O–H groups in total. The minimum atomic E-state index is 0. The molecule has 7 heavy (non-hydrogen) atoms. The predicted molar refractivity (Wildman–Crippen MR) is 25.3 cm³/mol. The molecule has 0 aliphatic heterocycles. The molecule has 0 nitrogen and oxygen atoms in total. The summed E-state index contributed by atoms with van der Waals surface area (Å²) in [7, 11) is 0. The van der Waals surface area contributed by atoms with Gasteiger partial charge in [0.25, 0.3) is 0 Å². The van der Waals surface area contributed by atoms with Gasteiger partial charge in [0.1, 0.15) is 0 Å². The SMILES string of the molecule is [Fe+2].[c-]1ccccc1. The summed E-state index contributed by atoms with van der Waals surface area (Å²) in [5, 5.41) is 0. The van der Waals surface area contributed by atoms with Gasteiger partial charge in [-0.25, -0.2) is 0 Å². The van der Waals surface area contributed by atoms with E-state index in [0.29, 0.717) is 0 Å². The summed E-state index contributed by atoms with van der Waals surface area (Å²) in [5.41, 5.74) is 0. The van der Waals surface area contributed by atoms with Gasteiger partial charge < -0.3 is 0 Å². The fourth-order valence-electron chi connectivity index (χ4n) is 0.342. The Hall–Kier alpha value is -0.261. The zero-order valence-electron chi connectivity index (χ0n) is 3.74. The molecule has 0 aromatic heterocycles. The largest absolute Gasteiger partial charge is 2.00 e. The van der Waals surface area contributed by atoms with Crippen LogP contribution in [0.2, 0.25) is 0 Å². The second-order valence-electron chi connectivity index (χ2n) is 1.08. The summed E-state index contributed by atoms with van der Waals surface area (Å²) >= 11 is 0. The zero-order valence-corrected chi connectivity index (χ0v) is 4.84. The van der Waals surface area contributed by atoms with E-state index in [-0.39, 0.29) is 17.1 Å². The van der Waals surface area contributed by atoms with E-state index in [9.17, 15) is 0 Å². The molecule has 0 saturated carbocycles. The fraction of sp³-hybridized carbons (Fsp3) is 0. The molecule has 36 valence electrons. The van der Waals surface area contributed by atoms with E-state index in [1.165, 1.54) is 0 Å². The van der Waals surface area contributed by atoms with E-state index in [1.807, 2.05) is 30.3 Å². The van der Waals surface area contributed by atoms with Crippen LogP contribution in [0.4, 0.5) is 0 Å². The maximum atomic E-state index is 2.89. The number of rotatable bonds is 0. The van der Waals surface area contributed by atoms with Gasteiger partial charge in [0.05, 0.1) is 0 Å². The predicted octanol–water partition coefficient (Wildman–Crippen LogP) is 1.48. The molecule has 0 fully saturated rings. The standard InChI is InChI=1S/C6H5.Fe/c1-2-4-6-5-3-1;/h1-5H;/q-1;+2. The van der Waals surface area contributed by atoms with Gasteiger partial charge in [0.15, 0.2) is 0 Å². The molecule has 0 unspecified atom stereocenters. The Balaban J connectivity index is 0.000000360. The van der Waals surface area contributed by atoms with E-state index >= 15 is 0 Å². The molecule has 0 atom stereocenters. The van der Waals surface area contributed by atoms with Crippen molar-refractivity contribution < 1.29 is 17.1 Å². The van der Waals surface area contributed by atoms with E-state index in [1.54, 1.807) is 0 Å². The van der Waals surface area contributed by atoms with Gasteiger partial charge in [-0.05, 0) is 0 Å². The summed E-state index contributed by atoms with van der Waals surface area (Å²) in [5.74, 6) is 0. The van der Waals surface area contributed by atoms with Crippen LogP contribution in [-0.4, -0.2) is 0 Å². The molecule has 1 aromatic rings. The first kappa shape index (κ1) is 6.74. The first-order valence-corrected chi connectivity index (χ1v) is 1.91. The Kier molecular flexibility index (Phi) is 3.77. The topological polar surface area (TPSA) is 0 Å². The maximum Gasteiger partial charge on any atom is 2.00 e. The zero-order chi connectivity index (χ0) is 4.24. The Labute approximate surface area is 54.0 Å². The average Bonchev–Trinajstić information content (AvgIpc) is 1.72. The van der Waals surface area contributed by atoms with Crippen LogP contribution in [0.5, 0.6) is 0 Å². The Bertz CT molecular complexity index is 76.1. The van der Waals surface area contributed by atoms with Crippen LogP contribution in [0.1, 0.15) is 0 Å². The molecule has 0 spiro atoms. The normalized spacial score (nSPS) is 6.86. The molecule has 0 bridgehead atoms. The summed E-state index contributed by atoms with van der Waals surface area (Å²) in [6.45, 7) is 0. The molecule has 0 aliphatic rings. The van der Waals surface area contributed by atoms with Gasteiger partial charge >= 0.3 is 17.1 Å². The van der Waals surface area contributed by atoms with Crippen molar-refractivity contribution in [1.29, 1.82) is 0 Å². The summed E-state index contributed by atoms with van der Waals surface area (Å²) in [4.78, 5) is 0. The van der Waals surface area contributed by atoms with Crippen molar-refractivity contribution in [2.45, 2.75) is 0 Å². The van der Waals surface area contributed by atoms with Gasteiger partial charge in [-0.1, -0.05) is 0 Å². The van der Waals surface area contributed by atoms with Crippen molar-refractivity contribution in [1.82, 2.24) is 0 Å². The molecule has 0 heterocycles. The third kappa shape index (κ3) is 2.44. The second-order valence-corrected chi connectivity index (χ2v) is 1.08. The maximum absolute atomic E-state index is 2.89. The molecule has 0 amide bonds. The Morgan fingerprint density at radius 3 is 1.57 bits per heavy atom. The van der Waals surface area contributed by atoms with Crippen molar-refractivity contribution in [3.63, 3.8) is 0 Å². The molecule has 1 rings (SSSR count). The van der Waals surface area contributed by atoms with Gasteiger partial charge in [-0.3, -0.25) is 0 Å². The van der Waals surface area contributed by atoms with Crippen LogP contribution < -0.4 is 0 Å². The van der Waals surface area contributed by atoms with Crippen molar-refractivity contribution in [3.8, 4) is 0 Å². The van der Waals surface area contributed by atoms with Crippen LogP contribution in [0.15, 0.2) is 30.3 Å². The van der Waals surface area contributed by atoms with Gasteiger partial charge in [0, 0.05) is 0 Å². The number of benzene rings is 1. The molecule has 1 aromatic carbocycles. The smallest absolute Gasteiger partial charge is 0.184 e. The Morgan fingerprint density at radius 2 is 1.43 bits per heavy atom. The van der Waals surface area contributed by atoms with E-state index in [4.69, 9.17) is 0 Å². The van der Waals surface area contributed by atoms with Crippen LogP contribution >= 0.6 is 0 Å². The van der Waals surface area contributed by atoms with Gasteiger partial charge in [-0.2, -0.15) is 36.4 Å². The van der Waals surface area contributed by atoms with Crippen molar-refractivity contribution in [3.05, 3.63) is 36.4 Å². The first-order chi connectivity index (χ1) is 3.00. The average molecular weight is 133 g/mol. The quantitative estimate of drug-likeness (QED) is 0.371. The minimum absolute atomic E-state index is 0. The third-order valence-corrected chi connectivity index (χ3v) is 0.607. The molecule has 0 radical (unpaired) electrons. The summed E-state index contributed by atoms with van der Waals surface area (Å²) in [6.07, 6.45) is 0. The molecule has 1 heteroatoms. The van der Waals surface area contributed by atoms with Crippen molar-refractivity contribution in [2.24, 2.45) is 0 Å². The summed E-state index contributed by atoms with van der Waals surface area (Å²) in [6, 6.07) is 12.5. The number of hydrogen-bond acceptors (Lipinski definition) is 0. The van der Waals surface area contributed by atoms with E-state index in [0.717, 1.165) is 0 Å². The van der Waals surface area contributed by atoms with Crippen molar-refractivity contribution in [2.75, 3.05) is 0 Å². The second kappa shape index (κ2) is 3.91. The van der Waals surface area contributed by atoms with Crippen LogP contribution in [0.3, 0.4) is 0 Å². The molecule has 0 saturated heterocycles. The third-order valence-electron chi connectivity index (χ3n) is 0.607. The van der Waals surface area contributed by atoms with Crippen LogP contribution in [0, 0.1) is 6.07 Å². The fourth-order valence-corrected chi connectivity index (χ4v) is 0.342. The van der Waals surface area contributed by atoms with E-state index < -0.39 is 0 Å². The van der Waals surface area contributed by atoms with Gasteiger partial charge in [-0.15, -0.1) is 0 Å². The van der Waals surface area contributed by atoms with Gasteiger partial charge in [0.2, 0.25) is 0 Å². The number of hydrogen-bond donors (Lipinski definition) is 0. The monoisotopic (exact) mass is 133 g/mol. The van der Waals surface area contributed by atoms with Crippen LogP contribution in [-0.2, 0) is 17.1 Å². The summed E-state index contributed by atoms with van der Waals surface area (Å²) < 4.78 is 0. The molecular formula is C6H5Fe+.